The first-order valence-corrected chi connectivity index (χ1v) is 16.8. The lowest BCUT2D eigenvalue weighted by Gasteiger charge is -2.20. The zero-order valence-electron chi connectivity index (χ0n) is 29.4. The van der Waals surface area contributed by atoms with E-state index in [1.165, 1.54) is 44.8 Å². The topological polar surface area (TPSA) is 48.1 Å². The van der Waals surface area contributed by atoms with E-state index in [9.17, 15) is 0 Å². The molecule has 0 spiro atoms. The van der Waals surface area contributed by atoms with Crippen LogP contribution in [0, 0.1) is 39.5 Å². The normalized spacial score (nSPS) is 12.7. The van der Waals surface area contributed by atoms with Gasteiger partial charge >= 0.3 is 0 Å². The first-order valence-electron chi connectivity index (χ1n) is 16.8. The van der Waals surface area contributed by atoms with Crippen molar-refractivity contribution in [1.29, 1.82) is 0 Å². The lowest BCUT2D eigenvalue weighted by molar-refractivity contribution is 0.539. The van der Waals surface area contributed by atoms with Gasteiger partial charge in [0.1, 0.15) is 0 Å². The van der Waals surface area contributed by atoms with Crippen LogP contribution in [-0.4, -0.2) is 12.1 Å². The van der Waals surface area contributed by atoms with Gasteiger partial charge in [-0.1, -0.05) is 52.0 Å². The molecule has 4 nitrogen and oxygen atoms in total. The van der Waals surface area contributed by atoms with Crippen LogP contribution >= 0.6 is 0 Å². The Kier molecular flexibility index (Phi) is 11.6. The van der Waals surface area contributed by atoms with E-state index in [1.54, 1.807) is 0 Å². The predicted molar refractivity (Wildman–Crippen MR) is 199 cm³/mol. The van der Waals surface area contributed by atoms with Crippen LogP contribution in [-0.2, 0) is 6.42 Å². The largest absolute Gasteiger partial charge is 0.382 e. The number of anilines is 6. The molecule has 45 heavy (non-hydrogen) atoms. The highest BCUT2D eigenvalue weighted by molar-refractivity contribution is 5.69. The van der Waals surface area contributed by atoms with Crippen molar-refractivity contribution in [3.05, 3.63) is 106 Å². The van der Waals surface area contributed by atoms with Crippen molar-refractivity contribution < 1.29 is 0 Å². The molecule has 4 N–H and O–H groups in total. The molecule has 4 heteroatoms. The maximum atomic E-state index is 3.67. The minimum absolute atomic E-state index is 0.459. The highest BCUT2D eigenvalue weighted by Crippen LogP contribution is 2.29. The van der Waals surface area contributed by atoms with Gasteiger partial charge in [0.15, 0.2) is 0 Å². The molecular formula is C41H56N4. The van der Waals surface area contributed by atoms with E-state index in [1.807, 2.05) is 0 Å². The van der Waals surface area contributed by atoms with Crippen molar-refractivity contribution in [2.24, 2.45) is 11.8 Å². The summed E-state index contributed by atoms with van der Waals surface area (Å²) in [4.78, 5) is 0. The van der Waals surface area contributed by atoms with Crippen LogP contribution in [0.15, 0.2) is 72.8 Å². The highest BCUT2D eigenvalue weighted by Gasteiger charge is 2.10. The second kappa shape index (κ2) is 15.4. The van der Waals surface area contributed by atoms with Crippen LogP contribution in [0.3, 0.4) is 0 Å². The number of hydrogen-bond acceptors (Lipinski definition) is 4. The van der Waals surface area contributed by atoms with E-state index < -0.39 is 0 Å². The number of rotatable bonds is 14. The predicted octanol–water partition coefficient (Wildman–Crippen LogP) is 11.7. The first-order chi connectivity index (χ1) is 21.4. The first kappa shape index (κ1) is 34.0. The van der Waals surface area contributed by atoms with E-state index in [2.05, 4.69) is 163 Å². The van der Waals surface area contributed by atoms with Gasteiger partial charge in [0.25, 0.3) is 0 Å². The van der Waals surface area contributed by atoms with E-state index in [0.717, 1.165) is 42.0 Å². The molecule has 0 radical (unpaired) electrons. The zero-order valence-corrected chi connectivity index (χ0v) is 29.4. The smallest absolute Gasteiger partial charge is 0.0414 e. The van der Waals surface area contributed by atoms with Crippen LogP contribution in [0.25, 0.3) is 0 Å². The Bertz CT molecular complexity index is 1450. The van der Waals surface area contributed by atoms with Gasteiger partial charge in [-0.3, -0.25) is 0 Å². The van der Waals surface area contributed by atoms with Crippen molar-refractivity contribution >= 4 is 34.1 Å². The fourth-order valence-electron chi connectivity index (χ4n) is 6.37. The van der Waals surface area contributed by atoms with E-state index in [0.29, 0.717) is 23.9 Å². The second-order valence-electron chi connectivity index (χ2n) is 14.1. The molecular weight excluding hydrogens is 548 g/mol. The summed E-state index contributed by atoms with van der Waals surface area (Å²) in [6.45, 7) is 22.4. The summed E-state index contributed by atoms with van der Waals surface area (Å²) < 4.78 is 0. The molecule has 2 atom stereocenters. The third-order valence-corrected chi connectivity index (χ3v) is 8.45. The third-order valence-electron chi connectivity index (χ3n) is 8.45. The Morgan fingerprint density at radius 2 is 0.800 bits per heavy atom. The fourth-order valence-corrected chi connectivity index (χ4v) is 6.37. The molecule has 0 saturated heterocycles. The molecule has 0 aliphatic rings. The van der Waals surface area contributed by atoms with Gasteiger partial charge in [-0.05, 0) is 155 Å². The summed E-state index contributed by atoms with van der Waals surface area (Å²) in [5.41, 5.74) is 14.6. The molecule has 240 valence electrons. The van der Waals surface area contributed by atoms with Gasteiger partial charge < -0.3 is 21.3 Å². The van der Waals surface area contributed by atoms with E-state index in [4.69, 9.17) is 0 Å². The fraction of sp³-hybridized carbons (Fsp3) is 0.415. The van der Waals surface area contributed by atoms with Crippen molar-refractivity contribution in [2.75, 3.05) is 21.3 Å². The summed E-state index contributed by atoms with van der Waals surface area (Å²) in [6, 6.07) is 27.6. The Labute approximate surface area is 273 Å². The molecule has 4 aromatic carbocycles. The van der Waals surface area contributed by atoms with Crippen molar-refractivity contribution in [2.45, 2.75) is 101 Å². The van der Waals surface area contributed by atoms with E-state index in [-0.39, 0.29) is 0 Å². The molecule has 0 saturated carbocycles. The molecule has 4 rings (SSSR count). The standard InChI is InChI=1S/C41H56N4/c1-26(2)19-32(9)42-38-17-13-36(23-30(38)7)44-40-15-11-34(21-28(40)5)25-35-12-16-41(29(6)22-35)45-37-14-18-39(31(8)24-37)43-33(10)20-27(3)4/h11-18,21-24,26-27,32-33,42-45H,19-20,25H2,1-10H3. The third kappa shape index (κ3) is 10.0. The minimum Gasteiger partial charge on any atom is -0.382 e. The van der Waals surface area contributed by atoms with Crippen LogP contribution in [0.2, 0.25) is 0 Å². The van der Waals surface area contributed by atoms with Crippen LogP contribution < -0.4 is 21.3 Å². The van der Waals surface area contributed by atoms with Crippen LogP contribution in [0.4, 0.5) is 34.1 Å². The number of nitrogens with one attached hydrogen (secondary N) is 4. The average Bonchev–Trinajstić information content (AvgIpc) is 2.94. The van der Waals surface area contributed by atoms with Crippen LogP contribution in [0.5, 0.6) is 0 Å². The summed E-state index contributed by atoms with van der Waals surface area (Å²) in [5, 5.41) is 14.6. The van der Waals surface area contributed by atoms with Gasteiger partial charge in [0.05, 0.1) is 0 Å². The molecule has 2 unspecified atom stereocenters. The van der Waals surface area contributed by atoms with Gasteiger partial charge in [0.2, 0.25) is 0 Å². The molecule has 0 aromatic heterocycles. The van der Waals surface area contributed by atoms with Gasteiger partial charge in [-0.2, -0.15) is 0 Å². The number of benzene rings is 4. The lowest BCUT2D eigenvalue weighted by Crippen LogP contribution is -2.18. The van der Waals surface area contributed by atoms with Gasteiger partial charge in [0, 0.05) is 46.2 Å². The Hall–Kier alpha value is -3.92. The Balaban J connectivity index is 1.36. The van der Waals surface area contributed by atoms with Gasteiger partial charge in [-0.15, -0.1) is 0 Å². The Morgan fingerprint density at radius 3 is 1.13 bits per heavy atom. The maximum absolute atomic E-state index is 3.67. The average molecular weight is 605 g/mol. The SMILES string of the molecule is Cc1cc(Cc2ccc(Nc3ccc(NC(C)CC(C)C)c(C)c3)c(C)c2)ccc1Nc1ccc(NC(C)CC(C)C)c(C)c1. The van der Waals surface area contributed by atoms with Crippen molar-refractivity contribution in [3.8, 4) is 0 Å². The van der Waals surface area contributed by atoms with Gasteiger partial charge in [-0.25, -0.2) is 0 Å². The molecule has 0 fully saturated rings. The van der Waals surface area contributed by atoms with Crippen LogP contribution in [0.1, 0.15) is 87.8 Å². The summed E-state index contributed by atoms with van der Waals surface area (Å²) >= 11 is 0. The van der Waals surface area contributed by atoms with E-state index >= 15 is 0 Å². The minimum atomic E-state index is 0.459. The number of hydrogen-bond donors (Lipinski definition) is 4. The molecule has 0 amide bonds. The lowest BCUT2D eigenvalue weighted by atomic mass is 10.00. The monoisotopic (exact) mass is 604 g/mol. The quantitative estimate of drug-likeness (QED) is 0.116. The summed E-state index contributed by atoms with van der Waals surface area (Å²) in [6.07, 6.45) is 3.23. The second-order valence-corrected chi connectivity index (χ2v) is 14.1. The van der Waals surface area contributed by atoms with Crippen molar-refractivity contribution in [3.63, 3.8) is 0 Å². The zero-order chi connectivity index (χ0) is 32.7. The maximum Gasteiger partial charge on any atom is 0.0414 e. The summed E-state index contributed by atoms with van der Waals surface area (Å²) in [7, 11) is 0. The van der Waals surface area contributed by atoms with Crippen molar-refractivity contribution in [1.82, 2.24) is 0 Å². The highest BCUT2D eigenvalue weighted by atomic mass is 14.9. The number of aryl methyl sites for hydroxylation is 4. The molecule has 0 aliphatic carbocycles. The summed E-state index contributed by atoms with van der Waals surface area (Å²) in [5.74, 6) is 1.37. The Morgan fingerprint density at radius 1 is 0.444 bits per heavy atom. The molecule has 0 bridgehead atoms. The molecule has 0 heterocycles. The molecule has 0 aliphatic heterocycles. The molecule has 4 aromatic rings.